The first-order valence-electron chi connectivity index (χ1n) is 8.63. The van der Waals surface area contributed by atoms with Crippen molar-refractivity contribution in [1.82, 2.24) is 10.2 Å². The average Bonchev–Trinajstić information content (AvgIpc) is 3.30. The molecule has 0 spiro atoms. The molecule has 0 aromatic carbocycles. The van der Waals surface area contributed by atoms with E-state index < -0.39 is 0 Å². The van der Waals surface area contributed by atoms with Crippen molar-refractivity contribution in [1.29, 1.82) is 0 Å². The van der Waals surface area contributed by atoms with Crippen LogP contribution in [0.1, 0.15) is 52.9 Å². The number of carbonyl (C=O) groups is 2. The Labute approximate surface area is 127 Å². The number of nitrogens with one attached hydrogen (secondary N) is 1. The van der Waals surface area contributed by atoms with Crippen molar-refractivity contribution in [2.75, 3.05) is 6.54 Å². The molecule has 0 aromatic heterocycles. The molecule has 1 N–H and O–H groups in total. The Morgan fingerprint density at radius 1 is 1.14 bits per heavy atom. The molecule has 3 aliphatic rings. The number of amides is 2. The summed E-state index contributed by atoms with van der Waals surface area (Å²) in [7, 11) is 0. The van der Waals surface area contributed by atoms with Gasteiger partial charge in [0, 0.05) is 6.54 Å². The number of hydrogen-bond acceptors (Lipinski definition) is 2. The summed E-state index contributed by atoms with van der Waals surface area (Å²) in [5.74, 6) is 2.60. The summed E-state index contributed by atoms with van der Waals surface area (Å²) >= 11 is 0. The molecule has 2 aliphatic carbocycles. The molecule has 2 saturated carbocycles. The lowest BCUT2D eigenvalue weighted by Crippen LogP contribution is -2.65. The third-order valence-corrected chi connectivity index (χ3v) is 5.44. The first kappa shape index (κ1) is 14.9. The highest BCUT2D eigenvalue weighted by atomic mass is 16.2. The molecule has 3 fully saturated rings. The van der Waals surface area contributed by atoms with Crippen LogP contribution < -0.4 is 5.32 Å². The van der Waals surface area contributed by atoms with E-state index >= 15 is 0 Å². The SMILES string of the molecule is CCC1C(=O)NC(C(C)C)C(=O)N1CC(C1CC1)C1CC1. The second kappa shape index (κ2) is 5.62. The summed E-state index contributed by atoms with van der Waals surface area (Å²) in [6, 6.07) is -0.591. The molecule has 1 aliphatic heterocycles. The Bertz CT molecular complexity index is 415. The Morgan fingerprint density at radius 2 is 1.71 bits per heavy atom. The largest absolute Gasteiger partial charge is 0.342 e. The van der Waals surface area contributed by atoms with Crippen LogP contribution in [0.5, 0.6) is 0 Å². The van der Waals surface area contributed by atoms with Gasteiger partial charge in [0.1, 0.15) is 12.1 Å². The maximum atomic E-state index is 12.8. The van der Waals surface area contributed by atoms with Crippen LogP contribution in [0.4, 0.5) is 0 Å². The van der Waals surface area contributed by atoms with E-state index in [1.54, 1.807) is 0 Å². The number of carbonyl (C=O) groups excluding carboxylic acids is 2. The van der Waals surface area contributed by atoms with Gasteiger partial charge in [0.2, 0.25) is 11.8 Å². The molecule has 3 rings (SSSR count). The van der Waals surface area contributed by atoms with Crippen LogP contribution >= 0.6 is 0 Å². The van der Waals surface area contributed by atoms with Crippen LogP contribution in [0.15, 0.2) is 0 Å². The quantitative estimate of drug-likeness (QED) is 0.816. The van der Waals surface area contributed by atoms with E-state index in [0.29, 0.717) is 12.3 Å². The van der Waals surface area contributed by atoms with Gasteiger partial charge in [-0.15, -0.1) is 0 Å². The molecule has 0 bridgehead atoms. The minimum absolute atomic E-state index is 0.0427. The summed E-state index contributed by atoms with van der Waals surface area (Å²) in [5.41, 5.74) is 0. The van der Waals surface area contributed by atoms with Gasteiger partial charge in [-0.25, -0.2) is 0 Å². The molecule has 2 amide bonds. The molecule has 4 heteroatoms. The van der Waals surface area contributed by atoms with Crippen LogP contribution in [0, 0.1) is 23.7 Å². The molecular weight excluding hydrogens is 264 g/mol. The van der Waals surface area contributed by atoms with E-state index in [4.69, 9.17) is 0 Å². The molecule has 1 heterocycles. The van der Waals surface area contributed by atoms with Crippen molar-refractivity contribution in [2.24, 2.45) is 23.7 Å². The van der Waals surface area contributed by atoms with E-state index in [0.717, 1.165) is 18.4 Å². The predicted octanol–water partition coefficient (Wildman–Crippen LogP) is 2.18. The topological polar surface area (TPSA) is 49.4 Å². The Balaban J connectivity index is 1.77. The molecule has 0 radical (unpaired) electrons. The fourth-order valence-corrected chi connectivity index (χ4v) is 3.82. The maximum Gasteiger partial charge on any atom is 0.246 e. The zero-order valence-corrected chi connectivity index (χ0v) is 13.5. The summed E-state index contributed by atoms with van der Waals surface area (Å²) in [6.45, 7) is 6.83. The Morgan fingerprint density at radius 3 is 2.14 bits per heavy atom. The van der Waals surface area contributed by atoms with Crippen molar-refractivity contribution >= 4 is 11.8 Å². The van der Waals surface area contributed by atoms with Crippen molar-refractivity contribution in [3.63, 3.8) is 0 Å². The predicted molar refractivity (Wildman–Crippen MR) is 81.5 cm³/mol. The van der Waals surface area contributed by atoms with Crippen molar-refractivity contribution in [3.8, 4) is 0 Å². The summed E-state index contributed by atoms with van der Waals surface area (Å²) in [5, 5.41) is 2.93. The molecule has 118 valence electrons. The molecule has 2 atom stereocenters. The molecule has 4 nitrogen and oxygen atoms in total. The second-order valence-corrected chi connectivity index (χ2v) is 7.48. The lowest BCUT2D eigenvalue weighted by molar-refractivity contribution is -0.151. The fraction of sp³-hybridized carbons (Fsp3) is 0.882. The molecule has 1 saturated heterocycles. The lowest BCUT2D eigenvalue weighted by Gasteiger charge is -2.41. The van der Waals surface area contributed by atoms with Gasteiger partial charge in [-0.1, -0.05) is 20.8 Å². The van der Waals surface area contributed by atoms with Crippen LogP contribution in [-0.2, 0) is 9.59 Å². The standard InChI is InChI=1S/C17H28N2O2/c1-4-14-16(20)18-15(10(2)3)17(21)19(14)9-13(11-5-6-11)12-7-8-12/h10-15H,4-9H2,1-3H3,(H,18,20). The first-order chi connectivity index (χ1) is 10.0. The number of hydrogen-bond donors (Lipinski definition) is 1. The zero-order valence-electron chi connectivity index (χ0n) is 13.5. The minimum atomic E-state index is -0.334. The van der Waals surface area contributed by atoms with Gasteiger partial charge in [0.05, 0.1) is 0 Å². The third-order valence-electron chi connectivity index (χ3n) is 5.44. The van der Waals surface area contributed by atoms with E-state index in [1.807, 2.05) is 25.7 Å². The van der Waals surface area contributed by atoms with Gasteiger partial charge in [0.25, 0.3) is 0 Å². The fourth-order valence-electron chi connectivity index (χ4n) is 3.82. The van der Waals surface area contributed by atoms with Crippen LogP contribution in [0.3, 0.4) is 0 Å². The van der Waals surface area contributed by atoms with Crippen molar-refractivity contribution in [3.05, 3.63) is 0 Å². The Kier molecular flexibility index (Phi) is 3.98. The monoisotopic (exact) mass is 292 g/mol. The van der Waals surface area contributed by atoms with E-state index in [9.17, 15) is 9.59 Å². The molecule has 0 aromatic rings. The highest BCUT2D eigenvalue weighted by molar-refractivity contribution is 5.97. The van der Waals surface area contributed by atoms with Gasteiger partial charge in [0.15, 0.2) is 0 Å². The van der Waals surface area contributed by atoms with Crippen molar-refractivity contribution < 1.29 is 9.59 Å². The van der Waals surface area contributed by atoms with Gasteiger partial charge in [-0.05, 0) is 55.8 Å². The van der Waals surface area contributed by atoms with Crippen LogP contribution in [-0.4, -0.2) is 35.3 Å². The van der Waals surface area contributed by atoms with Crippen molar-refractivity contribution in [2.45, 2.75) is 65.0 Å². The third kappa shape index (κ3) is 2.95. The normalized spacial score (nSPS) is 30.2. The van der Waals surface area contributed by atoms with E-state index in [2.05, 4.69) is 5.32 Å². The highest BCUT2D eigenvalue weighted by Gasteiger charge is 2.47. The number of rotatable bonds is 6. The lowest BCUT2D eigenvalue weighted by atomic mass is 9.92. The molecule has 21 heavy (non-hydrogen) atoms. The van der Waals surface area contributed by atoms with E-state index in [1.165, 1.54) is 25.7 Å². The average molecular weight is 292 g/mol. The summed E-state index contributed by atoms with van der Waals surface area (Å²) in [4.78, 5) is 27.1. The van der Waals surface area contributed by atoms with Crippen LogP contribution in [0.25, 0.3) is 0 Å². The molecule has 2 unspecified atom stereocenters. The number of nitrogens with zero attached hydrogens (tertiary/aromatic N) is 1. The minimum Gasteiger partial charge on any atom is -0.342 e. The van der Waals surface area contributed by atoms with Crippen LogP contribution in [0.2, 0.25) is 0 Å². The first-order valence-corrected chi connectivity index (χ1v) is 8.63. The Hall–Kier alpha value is -1.06. The van der Waals surface area contributed by atoms with Gasteiger partial charge < -0.3 is 10.2 Å². The smallest absolute Gasteiger partial charge is 0.246 e. The molecular formula is C17H28N2O2. The van der Waals surface area contributed by atoms with Gasteiger partial charge in [-0.3, -0.25) is 9.59 Å². The summed E-state index contributed by atoms with van der Waals surface area (Å²) < 4.78 is 0. The van der Waals surface area contributed by atoms with E-state index in [-0.39, 0.29) is 29.8 Å². The summed E-state index contributed by atoms with van der Waals surface area (Å²) in [6.07, 6.45) is 5.99. The maximum absolute atomic E-state index is 12.8. The zero-order chi connectivity index (χ0) is 15.1. The number of piperazine rings is 1. The van der Waals surface area contributed by atoms with Gasteiger partial charge >= 0.3 is 0 Å². The highest BCUT2D eigenvalue weighted by Crippen LogP contribution is 2.49. The van der Waals surface area contributed by atoms with Gasteiger partial charge in [-0.2, -0.15) is 0 Å². The second-order valence-electron chi connectivity index (χ2n) is 7.48.